The summed E-state index contributed by atoms with van der Waals surface area (Å²) in [7, 11) is 0. The van der Waals surface area contributed by atoms with E-state index in [1.54, 1.807) is 6.26 Å². The number of alkyl halides is 3. The lowest BCUT2D eigenvalue weighted by Gasteiger charge is -2.10. The number of nitrogens with one attached hydrogen (secondary N) is 2. The summed E-state index contributed by atoms with van der Waals surface area (Å²) in [6.45, 7) is 3.29. The highest BCUT2D eigenvalue weighted by molar-refractivity contribution is 7.09. The minimum atomic E-state index is -4.41. The van der Waals surface area contributed by atoms with E-state index in [2.05, 4.69) is 25.6 Å². The molecule has 0 aliphatic rings. The topological polar surface area (TPSA) is 75.3 Å². The van der Waals surface area contributed by atoms with Crippen molar-refractivity contribution in [3.05, 3.63) is 58.4 Å². The van der Waals surface area contributed by atoms with Gasteiger partial charge in [-0.2, -0.15) is 13.2 Å². The molecule has 2 N–H and O–H groups in total. The molecule has 3 aromatic rings. The third-order valence-corrected chi connectivity index (χ3v) is 4.70. The summed E-state index contributed by atoms with van der Waals surface area (Å²) in [5, 5.41) is 7.63. The number of guanidine groups is 1. The molecule has 0 saturated heterocycles. The van der Waals surface area contributed by atoms with Crippen LogP contribution in [-0.4, -0.2) is 29.0 Å². The fourth-order valence-electron chi connectivity index (χ4n) is 2.44. The molecule has 0 spiro atoms. The number of hydrogen-bond donors (Lipinski definition) is 2. The molecule has 0 aliphatic heterocycles. The van der Waals surface area contributed by atoms with Gasteiger partial charge in [0.05, 0.1) is 11.6 Å². The summed E-state index contributed by atoms with van der Waals surface area (Å²) in [4.78, 5) is 12.5. The van der Waals surface area contributed by atoms with E-state index < -0.39 is 11.9 Å². The Morgan fingerprint density at radius 1 is 1.17 bits per heavy atom. The molecule has 0 aliphatic carbocycles. The fraction of sp³-hybridized carbons (Fsp3) is 0.316. The smallest absolute Gasteiger partial charge is 0.434 e. The summed E-state index contributed by atoms with van der Waals surface area (Å²) >= 11 is 0.999. The van der Waals surface area contributed by atoms with Crippen molar-refractivity contribution in [2.75, 3.05) is 13.1 Å². The Bertz CT molecular complexity index is 937. The van der Waals surface area contributed by atoms with Gasteiger partial charge in [0.1, 0.15) is 12.0 Å². The standard InChI is InChI=1S/C19H20F3N5OS/c1-2-23-18(24-9-8-16-27-15(12-29-16)19(20,21)22)25-10-14-11-28-17(26-14)13-6-4-3-5-7-13/h3-7,11-12H,2,8-10H2,1H3,(H2,23,24,25). The number of thiazole rings is 1. The highest BCUT2D eigenvalue weighted by Gasteiger charge is 2.33. The van der Waals surface area contributed by atoms with Gasteiger partial charge in [-0.1, -0.05) is 18.2 Å². The number of nitrogens with zero attached hydrogens (tertiary/aromatic N) is 3. The molecule has 0 bridgehead atoms. The van der Waals surface area contributed by atoms with E-state index in [-0.39, 0.29) is 0 Å². The highest BCUT2D eigenvalue weighted by Crippen LogP contribution is 2.30. The predicted octanol–water partition coefficient (Wildman–Crippen LogP) is 4.11. The zero-order chi connectivity index (χ0) is 20.7. The van der Waals surface area contributed by atoms with Crippen molar-refractivity contribution in [2.45, 2.75) is 26.1 Å². The van der Waals surface area contributed by atoms with Gasteiger partial charge in [0, 0.05) is 30.5 Å². The quantitative estimate of drug-likeness (QED) is 0.442. The Balaban J connectivity index is 1.55. The van der Waals surface area contributed by atoms with Crippen molar-refractivity contribution < 1.29 is 17.6 Å². The first-order valence-electron chi connectivity index (χ1n) is 8.99. The fourth-order valence-corrected chi connectivity index (χ4v) is 3.24. The molecule has 1 aromatic carbocycles. The molecule has 0 saturated carbocycles. The Kier molecular flexibility index (Phi) is 6.86. The predicted molar refractivity (Wildman–Crippen MR) is 106 cm³/mol. The van der Waals surface area contributed by atoms with Gasteiger partial charge in [-0.25, -0.2) is 15.0 Å². The Labute approximate surface area is 169 Å². The second-order valence-electron chi connectivity index (χ2n) is 6.01. The summed E-state index contributed by atoms with van der Waals surface area (Å²) in [6, 6.07) is 9.55. The van der Waals surface area contributed by atoms with Crippen molar-refractivity contribution in [3.63, 3.8) is 0 Å². The second-order valence-corrected chi connectivity index (χ2v) is 6.95. The highest BCUT2D eigenvalue weighted by atomic mass is 32.1. The number of aliphatic imine (C=N–C) groups is 1. The number of oxazole rings is 1. The van der Waals surface area contributed by atoms with Gasteiger partial charge in [0.25, 0.3) is 0 Å². The van der Waals surface area contributed by atoms with E-state index in [1.807, 2.05) is 37.3 Å². The minimum absolute atomic E-state index is 0.307. The zero-order valence-corrected chi connectivity index (χ0v) is 16.5. The first kappa shape index (κ1) is 20.8. The van der Waals surface area contributed by atoms with E-state index in [4.69, 9.17) is 4.42 Å². The molecule has 2 heterocycles. The van der Waals surface area contributed by atoms with Gasteiger partial charge in [-0.15, -0.1) is 11.3 Å². The van der Waals surface area contributed by atoms with Crippen molar-refractivity contribution in [1.82, 2.24) is 20.6 Å². The van der Waals surface area contributed by atoms with Crippen LogP contribution in [0.5, 0.6) is 0 Å². The van der Waals surface area contributed by atoms with Crippen LogP contribution >= 0.6 is 11.3 Å². The van der Waals surface area contributed by atoms with Gasteiger partial charge in [0.15, 0.2) is 11.7 Å². The summed E-state index contributed by atoms with van der Waals surface area (Å²) < 4.78 is 43.3. The van der Waals surface area contributed by atoms with Crippen molar-refractivity contribution >= 4 is 17.3 Å². The summed E-state index contributed by atoms with van der Waals surface area (Å²) in [6.07, 6.45) is -2.48. The van der Waals surface area contributed by atoms with E-state index in [0.29, 0.717) is 48.6 Å². The van der Waals surface area contributed by atoms with Crippen molar-refractivity contribution in [2.24, 2.45) is 4.99 Å². The number of rotatable bonds is 7. The molecule has 6 nitrogen and oxygen atoms in total. The molecule has 154 valence electrons. The molecular weight excluding hydrogens is 403 g/mol. The molecule has 0 atom stereocenters. The van der Waals surface area contributed by atoms with Crippen LogP contribution in [0.4, 0.5) is 13.2 Å². The molecule has 0 radical (unpaired) electrons. The largest absolute Gasteiger partial charge is 0.444 e. The van der Waals surface area contributed by atoms with Crippen LogP contribution in [0.3, 0.4) is 0 Å². The van der Waals surface area contributed by atoms with Crippen LogP contribution in [-0.2, 0) is 19.1 Å². The second kappa shape index (κ2) is 9.55. The minimum Gasteiger partial charge on any atom is -0.444 e. The normalized spacial score (nSPS) is 12.2. The zero-order valence-electron chi connectivity index (χ0n) is 15.7. The summed E-state index contributed by atoms with van der Waals surface area (Å²) in [5.41, 5.74) is 0.712. The van der Waals surface area contributed by atoms with E-state index in [0.717, 1.165) is 22.3 Å². The maximum absolute atomic E-state index is 12.6. The first-order chi connectivity index (χ1) is 14.0. The van der Waals surface area contributed by atoms with E-state index in [1.165, 1.54) is 0 Å². The number of hydrogen-bond acceptors (Lipinski definition) is 5. The molecule has 0 fully saturated rings. The Morgan fingerprint density at radius 2 is 1.97 bits per heavy atom. The van der Waals surface area contributed by atoms with Gasteiger partial charge < -0.3 is 15.1 Å². The molecule has 10 heteroatoms. The maximum Gasteiger partial charge on any atom is 0.434 e. The summed E-state index contributed by atoms with van der Waals surface area (Å²) in [5.74, 6) is 1.07. The third kappa shape index (κ3) is 6.05. The van der Waals surface area contributed by atoms with Crippen LogP contribution < -0.4 is 10.6 Å². The number of benzene rings is 1. The molecule has 29 heavy (non-hydrogen) atoms. The average molecular weight is 423 g/mol. The van der Waals surface area contributed by atoms with E-state index >= 15 is 0 Å². The third-order valence-electron chi connectivity index (χ3n) is 3.79. The molecule has 0 amide bonds. The van der Waals surface area contributed by atoms with Crippen LogP contribution in [0.2, 0.25) is 0 Å². The maximum atomic E-state index is 12.6. The van der Waals surface area contributed by atoms with Gasteiger partial charge in [-0.05, 0) is 19.1 Å². The van der Waals surface area contributed by atoms with Crippen LogP contribution in [0.1, 0.15) is 23.3 Å². The van der Waals surface area contributed by atoms with Crippen LogP contribution in [0.25, 0.3) is 11.5 Å². The lowest BCUT2D eigenvalue weighted by Crippen LogP contribution is -2.38. The Morgan fingerprint density at radius 3 is 2.66 bits per heavy atom. The number of halogens is 3. The average Bonchev–Trinajstić information content (AvgIpc) is 3.36. The lowest BCUT2D eigenvalue weighted by molar-refractivity contribution is -0.140. The molecule has 3 rings (SSSR count). The molecular formula is C19H20F3N5OS. The Hall–Kier alpha value is -2.88. The van der Waals surface area contributed by atoms with Crippen LogP contribution in [0, 0.1) is 0 Å². The molecule has 2 aromatic heterocycles. The monoisotopic (exact) mass is 423 g/mol. The SMILES string of the molecule is CCNC(=NCc1coc(-c2ccccc2)n1)NCCc1nc(C(F)(F)F)cs1. The van der Waals surface area contributed by atoms with Gasteiger partial charge in [-0.3, -0.25) is 0 Å². The van der Waals surface area contributed by atoms with Gasteiger partial charge >= 0.3 is 6.18 Å². The lowest BCUT2D eigenvalue weighted by atomic mass is 10.2. The van der Waals surface area contributed by atoms with Gasteiger partial charge in [0.2, 0.25) is 5.89 Å². The van der Waals surface area contributed by atoms with Crippen molar-refractivity contribution in [3.8, 4) is 11.5 Å². The first-order valence-corrected chi connectivity index (χ1v) is 9.87. The number of aromatic nitrogens is 2. The van der Waals surface area contributed by atoms with Crippen molar-refractivity contribution in [1.29, 1.82) is 0 Å². The van der Waals surface area contributed by atoms with E-state index in [9.17, 15) is 13.2 Å². The van der Waals surface area contributed by atoms with Crippen LogP contribution in [0.15, 0.2) is 51.4 Å². The molecule has 0 unspecified atom stereocenters.